The van der Waals surface area contributed by atoms with Gasteiger partial charge in [-0.2, -0.15) is 0 Å². The molecule has 0 unspecified atom stereocenters. The first-order chi connectivity index (χ1) is 9.10. The van der Waals surface area contributed by atoms with E-state index in [1.807, 2.05) is 0 Å². The number of nitrogens with zero attached hydrogens (tertiary/aromatic N) is 1. The average molecular weight is 302 g/mol. The van der Waals surface area contributed by atoms with Crippen LogP contribution in [-0.4, -0.2) is 21.1 Å². The molecule has 0 fully saturated rings. The third kappa shape index (κ3) is 3.04. The predicted octanol–water partition coefficient (Wildman–Crippen LogP) is 5.38. The second-order valence-electron chi connectivity index (χ2n) is 8.02. The maximum absolute atomic E-state index is 5.00. The Morgan fingerprint density at radius 2 is 1.45 bits per heavy atom. The summed E-state index contributed by atoms with van der Waals surface area (Å²) in [6, 6.07) is 11.0. The highest BCUT2D eigenvalue weighted by molar-refractivity contribution is 6.96. The summed E-state index contributed by atoms with van der Waals surface area (Å²) in [5.74, 6) is 0. The topological polar surface area (TPSA) is 12.9 Å². The minimum Gasteiger partial charge on any atom is -0.258 e. The van der Waals surface area contributed by atoms with Crippen molar-refractivity contribution in [2.45, 2.75) is 51.4 Å². The summed E-state index contributed by atoms with van der Waals surface area (Å²) in [7, 11) is -2.55. The highest BCUT2D eigenvalue weighted by Gasteiger charge is 2.39. The summed E-state index contributed by atoms with van der Waals surface area (Å²) >= 11 is 0. The maximum atomic E-state index is 5.00. The molecule has 0 spiro atoms. The van der Waals surface area contributed by atoms with Gasteiger partial charge in [-0.1, -0.05) is 63.5 Å². The smallest absolute Gasteiger partial charge is 0.0513 e. The molecule has 0 radical (unpaired) electrons. The van der Waals surface area contributed by atoms with E-state index in [0.717, 1.165) is 0 Å². The van der Waals surface area contributed by atoms with Crippen LogP contribution in [0.1, 0.15) is 16.6 Å². The fourth-order valence-electron chi connectivity index (χ4n) is 3.73. The van der Waals surface area contributed by atoms with Crippen molar-refractivity contribution in [2.24, 2.45) is 0 Å². The number of hydrogen-bond acceptors (Lipinski definition) is 1. The Bertz CT molecular complexity index is 607. The van der Waals surface area contributed by atoms with E-state index in [1.165, 1.54) is 22.2 Å². The number of pyridine rings is 1. The van der Waals surface area contributed by atoms with Crippen LogP contribution in [0.3, 0.4) is 0 Å². The van der Waals surface area contributed by atoms with E-state index in [2.05, 4.69) is 76.5 Å². The molecule has 3 heteroatoms. The minimum absolute atomic E-state index is 0.707. The number of aryl methyl sites for hydroxylation is 1. The molecule has 1 aromatic heterocycles. The van der Waals surface area contributed by atoms with Gasteiger partial charge in [-0.3, -0.25) is 4.98 Å². The normalized spacial score (nSPS) is 13.2. The van der Waals surface area contributed by atoms with E-state index in [9.17, 15) is 0 Å². The molecule has 1 aromatic carbocycles. The lowest BCUT2D eigenvalue weighted by Crippen LogP contribution is -2.47. The molecule has 0 amide bonds. The summed E-state index contributed by atoms with van der Waals surface area (Å²) < 4.78 is 0. The van der Waals surface area contributed by atoms with Crippen LogP contribution >= 0.6 is 0 Å². The van der Waals surface area contributed by atoms with Crippen molar-refractivity contribution in [1.29, 1.82) is 0 Å². The zero-order valence-corrected chi connectivity index (χ0v) is 15.9. The largest absolute Gasteiger partial charge is 0.258 e. The van der Waals surface area contributed by atoms with Crippen molar-refractivity contribution >= 4 is 26.9 Å². The lowest BCUT2D eigenvalue weighted by molar-refractivity contribution is 1.05. The second-order valence-corrected chi connectivity index (χ2v) is 19.2. The molecular formula is C17H27NSi2. The van der Waals surface area contributed by atoms with E-state index in [4.69, 9.17) is 4.98 Å². The van der Waals surface area contributed by atoms with Crippen LogP contribution in [0.25, 0.3) is 10.8 Å². The van der Waals surface area contributed by atoms with E-state index >= 15 is 0 Å². The Hall–Kier alpha value is -0.936. The fraction of sp³-hybridized carbons (Fsp3) is 0.471. The first-order valence-corrected chi connectivity index (χ1v) is 14.6. The van der Waals surface area contributed by atoms with Crippen LogP contribution in [0.15, 0.2) is 30.3 Å². The van der Waals surface area contributed by atoms with Crippen LogP contribution in [0.2, 0.25) is 39.3 Å². The van der Waals surface area contributed by atoms with E-state index in [-0.39, 0.29) is 0 Å². The van der Waals surface area contributed by atoms with Gasteiger partial charge in [0.15, 0.2) is 0 Å². The molecule has 0 aliphatic rings. The molecule has 2 aromatic rings. The van der Waals surface area contributed by atoms with Gasteiger partial charge in [-0.15, -0.1) is 0 Å². The molecule has 1 nitrogen and oxygen atoms in total. The van der Waals surface area contributed by atoms with Gasteiger partial charge in [-0.25, -0.2) is 0 Å². The average Bonchev–Trinajstić information content (AvgIpc) is 2.25. The van der Waals surface area contributed by atoms with E-state index < -0.39 is 16.1 Å². The lowest BCUT2D eigenvalue weighted by atomic mass is 10.1. The van der Waals surface area contributed by atoms with Gasteiger partial charge in [0.1, 0.15) is 0 Å². The van der Waals surface area contributed by atoms with Gasteiger partial charge >= 0.3 is 0 Å². The van der Waals surface area contributed by atoms with Gasteiger partial charge in [0, 0.05) is 16.8 Å². The van der Waals surface area contributed by atoms with Crippen LogP contribution in [0.4, 0.5) is 0 Å². The summed E-state index contributed by atoms with van der Waals surface area (Å²) in [6.07, 6.45) is 0. The molecule has 0 atom stereocenters. The van der Waals surface area contributed by atoms with Crippen LogP contribution in [-0.2, 0) is 0 Å². The van der Waals surface area contributed by atoms with Gasteiger partial charge in [0.2, 0.25) is 0 Å². The van der Waals surface area contributed by atoms with Gasteiger partial charge in [0.05, 0.1) is 16.1 Å². The Kier molecular flexibility index (Phi) is 3.95. The molecule has 108 valence electrons. The van der Waals surface area contributed by atoms with E-state index in [0.29, 0.717) is 5.16 Å². The fourth-order valence-corrected chi connectivity index (χ4v) is 16.2. The summed E-state index contributed by atoms with van der Waals surface area (Å²) in [5, 5.41) is 3.34. The highest BCUT2D eigenvalue weighted by atomic mass is 28.4. The molecule has 0 aliphatic carbocycles. The minimum atomic E-state index is -1.27. The summed E-state index contributed by atoms with van der Waals surface area (Å²) in [6.45, 7) is 17.1. The quantitative estimate of drug-likeness (QED) is 0.693. The van der Waals surface area contributed by atoms with Gasteiger partial charge in [0.25, 0.3) is 0 Å². The summed E-state index contributed by atoms with van der Waals surface area (Å²) in [5.41, 5.74) is 2.53. The number of hydrogen-bond donors (Lipinski definition) is 0. The Balaban J connectivity index is 2.66. The lowest BCUT2D eigenvalue weighted by Gasteiger charge is -2.38. The Morgan fingerprint density at radius 3 is 2.00 bits per heavy atom. The molecule has 0 saturated heterocycles. The first-order valence-electron chi connectivity index (χ1n) is 7.47. The SMILES string of the molecule is Cc1nc(C([Si](C)(C)C)[Si](C)(C)C)cc2ccccc12. The molecule has 0 aliphatic heterocycles. The van der Waals surface area contributed by atoms with E-state index in [1.54, 1.807) is 0 Å². The van der Waals surface area contributed by atoms with Crippen molar-refractivity contribution in [3.05, 3.63) is 41.7 Å². The molecule has 0 N–H and O–H groups in total. The third-order valence-corrected chi connectivity index (χ3v) is 13.2. The van der Waals surface area contributed by atoms with Crippen molar-refractivity contribution in [2.75, 3.05) is 0 Å². The molecule has 0 bridgehead atoms. The first kappa shape index (κ1) is 15.5. The standard InChI is InChI=1S/C17H27NSi2/c1-13-15-11-9-8-10-14(15)12-16(18-13)17(19(2,3)4)20(5,6)7/h8-12,17H,1-7H3. The van der Waals surface area contributed by atoms with Gasteiger partial charge < -0.3 is 0 Å². The number of rotatable bonds is 3. The second kappa shape index (κ2) is 5.12. The van der Waals surface area contributed by atoms with Crippen molar-refractivity contribution in [3.8, 4) is 0 Å². The predicted molar refractivity (Wildman–Crippen MR) is 95.9 cm³/mol. The number of benzene rings is 1. The monoisotopic (exact) mass is 301 g/mol. The zero-order chi connectivity index (χ0) is 15.1. The molecule has 2 rings (SSSR count). The zero-order valence-electron chi connectivity index (χ0n) is 13.9. The molecule has 1 heterocycles. The van der Waals surface area contributed by atoms with Crippen LogP contribution in [0.5, 0.6) is 0 Å². The number of aromatic nitrogens is 1. The summed E-state index contributed by atoms with van der Waals surface area (Å²) in [4.78, 5) is 5.00. The van der Waals surface area contributed by atoms with Crippen LogP contribution in [0, 0.1) is 6.92 Å². The molecule has 20 heavy (non-hydrogen) atoms. The van der Waals surface area contributed by atoms with Crippen molar-refractivity contribution < 1.29 is 0 Å². The van der Waals surface area contributed by atoms with Crippen molar-refractivity contribution in [1.82, 2.24) is 4.98 Å². The number of fused-ring (bicyclic) bond motifs is 1. The highest BCUT2D eigenvalue weighted by Crippen LogP contribution is 2.36. The Labute approximate surface area is 125 Å². The maximum Gasteiger partial charge on any atom is 0.0513 e. The van der Waals surface area contributed by atoms with Gasteiger partial charge in [-0.05, 0) is 23.5 Å². The Morgan fingerprint density at radius 1 is 0.900 bits per heavy atom. The molecular weight excluding hydrogens is 274 g/mol. The third-order valence-electron chi connectivity index (χ3n) is 3.98. The molecule has 0 saturated carbocycles. The van der Waals surface area contributed by atoms with Crippen LogP contribution < -0.4 is 0 Å². The van der Waals surface area contributed by atoms with Crippen molar-refractivity contribution in [3.63, 3.8) is 0 Å².